The van der Waals surface area contributed by atoms with Crippen molar-refractivity contribution in [2.45, 2.75) is 0 Å². The van der Waals surface area contributed by atoms with Crippen LogP contribution in [0.1, 0.15) is 10.4 Å². The molecule has 0 fully saturated rings. The lowest BCUT2D eigenvalue weighted by molar-refractivity contribution is 0.102. The highest BCUT2D eigenvalue weighted by atomic mass is 16.5. The largest absolute Gasteiger partial charge is 0.497 e. The third-order valence-electron chi connectivity index (χ3n) is 3.18. The summed E-state index contributed by atoms with van der Waals surface area (Å²) in [6, 6.07) is 11.8. The van der Waals surface area contributed by atoms with Gasteiger partial charge in [-0.1, -0.05) is 0 Å². The van der Waals surface area contributed by atoms with Crippen LogP contribution in [0.4, 0.5) is 5.82 Å². The van der Waals surface area contributed by atoms with Crippen molar-refractivity contribution in [3.05, 3.63) is 64.6 Å². The van der Waals surface area contributed by atoms with Gasteiger partial charge in [-0.15, -0.1) is 0 Å². The van der Waals surface area contributed by atoms with Crippen LogP contribution < -0.4 is 15.6 Å². The Morgan fingerprint density at radius 1 is 1.18 bits per heavy atom. The first-order valence-electron chi connectivity index (χ1n) is 6.60. The molecule has 2 heterocycles. The van der Waals surface area contributed by atoms with Crippen molar-refractivity contribution in [3.8, 4) is 5.75 Å². The fourth-order valence-electron chi connectivity index (χ4n) is 2.04. The molecule has 0 saturated heterocycles. The molecular weight excluding hydrogens is 282 g/mol. The Labute approximate surface area is 125 Å². The van der Waals surface area contributed by atoms with E-state index in [2.05, 4.69) is 15.3 Å². The maximum absolute atomic E-state index is 12.1. The molecule has 0 radical (unpaired) electrons. The molecule has 2 N–H and O–H groups in total. The normalized spacial score (nSPS) is 10.4. The lowest BCUT2D eigenvalue weighted by atomic mass is 10.2. The molecular formula is C16H13N3O3. The number of aromatic amines is 1. The Morgan fingerprint density at radius 3 is 2.77 bits per heavy atom. The first-order valence-corrected chi connectivity index (χ1v) is 6.60. The molecule has 0 aliphatic carbocycles. The lowest BCUT2D eigenvalue weighted by Crippen LogP contribution is -2.15. The van der Waals surface area contributed by atoms with E-state index in [0.29, 0.717) is 11.4 Å². The van der Waals surface area contributed by atoms with E-state index in [0.717, 1.165) is 16.7 Å². The van der Waals surface area contributed by atoms with Gasteiger partial charge in [-0.2, -0.15) is 0 Å². The number of hydrogen-bond donors (Lipinski definition) is 2. The molecule has 3 rings (SSSR count). The van der Waals surface area contributed by atoms with Crippen LogP contribution in [-0.4, -0.2) is 23.0 Å². The first-order chi connectivity index (χ1) is 10.7. The fraction of sp³-hybridized carbons (Fsp3) is 0.0625. The number of carbonyl (C=O) groups excluding carboxylic acids is 1. The van der Waals surface area contributed by atoms with Crippen molar-refractivity contribution in [2.75, 3.05) is 12.4 Å². The molecule has 22 heavy (non-hydrogen) atoms. The molecule has 0 spiro atoms. The Morgan fingerprint density at radius 2 is 2.05 bits per heavy atom. The second-order valence-corrected chi connectivity index (χ2v) is 4.65. The van der Waals surface area contributed by atoms with Gasteiger partial charge in [0.15, 0.2) is 0 Å². The molecule has 0 unspecified atom stereocenters. The number of benzene rings is 1. The van der Waals surface area contributed by atoms with Crippen molar-refractivity contribution in [3.63, 3.8) is 0 Å². The van der Waals surface area contributed by atoms with Crippen LogP contribution in [0.15, 0.2) is 53.5 Å². The van der Waals surface area contributed by atoms with Gasteiger partial charge >= 0.3 is 0 Å². The maximum atomic E-state index is 12.1. The predicted octanol–water partition coefficient (Wildman–Crippen LogP) is 2.18. The molecule has 0 aliphatic heterocycles. The highest BCUT2D eigenvalue weighted by molar-refractivity contribution is 6.03. The smallest absolute Gasteiger partial charge is 0.258 e. The number of H-pyrrole nitrogens is 1. The van der Waals surface area contributed by atoms with Crippen molar-refractivity contribution in [1.29, 1.82) is 0 Å². The van der Waals surface area contributed by atoms with Gasteiger partial charge < -0.3 is 15.0 Å². The second-order valence-electron chi connectivity index (χ2n) is 4.65. The van der Waals surface area contributed by atoms with Gasteiger partial charge in [-0.05, 0) is 36.4 Å². The summed E-state index contributed by atoms with van der Waals surface area (Å²) in [7, 11) is 1.60. The SMILES string of the molecule is COc1ccc2nc(NC(=O)c3ccc(=O)[nH]c3)ccc2c1. The number of anilines is 1. The van der Waals surface area contributed by atoms with E-state index in [1.54, 1.807) is 13.2 Å². The molecule has 1 amide bonds. The minimum Gasteiger partial charge on any atom is -0.497 e. The number of amides is 1. The number of methoxy groups -OCH3 is 1. The maximum Gasteiger partial charge on any atom is 0.258 e. The summed E-state index contributed by atoms with van der Waals surface area (Å²) in [5.74, 6) is 0.852. The summed E-state index contributed by atoms with van der Waals surface area (Å²) in [6.45, 7) is 0. The highest BCUT2D eigenvalue weighted by Gasteiger charge is 2.07. The third kappa shape index (κ3) is 2.80. The van der Waals surface area contributed by atoms with Gasteiger partial charge in [-0.3, -0.25) is 9.59 Å². The summed E-state index contributed by atoms with van der Waals surface area (Å²) in [5, 5.41) is 3.61. The van der Waals surface area contributed by atoms with Crippen LogP contribution in [0, 0.1) is 0 Å². The van der Waals surface area contributed by atoms with E-state index < -0.39 is 0 Å². The van der Waals surface area contributed by atoms with E-state index in [1.165, 1.54) is 18.3 Å². The van der Waals surface area contributed by atoms with Crippen LogP contribution in [0.5, 0.6) is 5.75 Å². The molecule has 6 nitrogen and oxygen atoms in total. The van der Waals surface area contributed by atoms with Gasteiger partial charge in [0.1, 0.15) is 11.6 Å². The Bertz CT molecular complexity index is 882. The predicted molar refractivity (Wildman–Crippen MR) is 83.3 cm³/mol. The zero-order valence-corrected chi connectivity index (χ0v) is 11.8. The third-order valence-corrected chi connectivity index (χ3v) is 3.18. The molecule has 6 heteroatoms. The molecule has 110 valence electrons. The van der Waals surface area contributed by atoms with Gasteiger partial charge in [0, 0.05) is 17.6 Å². The van der Waals surface area contributed by atoms with E-state index in [-0.39, 0.29) is 11.5 Å². The van der Waals surface area contributed by atoms with Gasteiger partial charge in [0.2, 0.25) is 5.56 Å². The number of rotatable bonds is 3. The number of fused-ring (bicyclic) bond motifs is 1. The summed E-state index contributed by atoms with van der Waals surface area (Å²) in [6.07, 6.45) is 1.36. The van der Waals surface area contributed by atoms with Crippen LogP contribution in [0.2, 0.25) is 0 Å². The lowest BCUT2D eigenvalue weighted by Gasteiger charge is -2.06. The van der Waals surface area contributed by atoms with Crippen LogP contribution in [-0.2, 0) is 0 Å². The molecule has 3 aromatic rings. The average Bonchev–Trinajstić information content (AvgIpc) is 2.55. The second kappa shape index (κ2) is 5.69. The van der Waals surface area contributed by atoms with E-state index >= 15 is 0 Å². The topological polar surface area (TPSA) is 84.1 Å². The number of nitrogens with one attached hydrogen (secondary N) is 2. The molecule has 2 aromatic heterocycles. The van der Waals surface area contributed by atoms with Gasteiger partial charge in [0.25, 0.3) is 5.91 Å². The Kier molecular flexibility index (Phi) is 3.57. The quantitative estimate of drug-likeness (QED) is 0.775. The van der Waals surface area contributed by atoms with E-state index in [1.807, 2.05) is 24.3 Å². The van der Waals surface area contributed by atoms with Crippen molar-refractivity contribution < 1.29 is 9.53 Å². The number of carbonyl (C=O) groups is 1. The zero-order valence-electron chi connectivity index (χ0n) is 11.8. The minimum atomic E-state index is -0.336. The highest BCUT2D eigenvalue weighted by Crippen LogP contribution is 2.21. The van der Waals surface area contributed by atoms with Crippen molar-refractivity contribution >= 4 is 22.6 Å². The van der Waals surface area contributed by atoms with E-state index in [4.69, 9.17) is 4.74 Å². The minimum absolute atomic E-state index is 0.255. The number of aromatic nitrogens is 2. The van der Waals surface area contributed by atoms with Crippen LogP contribution in [0.3, 0.4) is 0 Å². The van der Waals surface area contributed by atoms with Crippen molar-refractivity contribution in [2.24, 2.45) is 0 Å². The van der Waals surface area contributed by atoms with Gasteiger partial charge in [-0.25, -0.2) is 4.98 Å². The van der Waals surface area contributed by atoms with E-state index in [9.17, 15) is 9.59 Å². The summed E-state index contributed by atoms with van der Waals surface area (Å²) in [5.41, 5.74) is 0.852. The summed E-state index contributed by atoms with van der Waals surface area (Å²) >= 11 is 0. The zero-order chi connectivity index (χ0) is 15.5. The van der Waals surface area contributed by atoms with Crippen LogP contribution in [0.25, 0.3) is 10.9 Å². The molecule has 0 bridgehead atoms. The fourth-order valence-corrected chi connectivity index (χ4v) is 2.04. The number of pyridine rings is 2. The van der Waals surface area contributed by atoms with Crippen LogP contribution >= 0.6 is 0 Å². The van der Waals surface area contributed by atoms with Gasteiger partial charge in [0.05, 0.1) is 18.2 Å². The average molecular weight is 295 g/mol. The van der Waals surface area contributed by atoms with Crippen molar-refractivity contribution in [1.82, 2.24) is 9.97 Å². The molecule has 0 saturated carbocycles. The first kappa shape index (κ1) is 13.8. The Balaban J connectivity index is 1.86. The number of nitrogens with zero attached hydrogens (tertiary/aromatic N) is 1. The Hall–Kier alpha value is -3.15. The monoisotopic (exact) mass is 295 g/mol. The standard InChI is InChI=1S/C16H13N3O3/c1-22-12-4-5-13-10(8-12)2-6-14(18-13)19-16(21)11-3-7-15(20)17-9-11/h2-9H,1H3,(H,17,20)(H,18,19,21). The summed E-state index contributed by atoms with van der Waals surface area (Å²) < 4.78 is 5.16. The molecule has 0 aliphatic rings. The number of ether oxygens (including phenoxy) is 1. The number of hydrogen-bond acceptors (Lipinski definition) is 4. The summed E-state index contributed by atoms with van der Waals surface area (Å²) in [4.78, 5) is 29.9. The molecule has 0 atom stereocenters. The molecule has 1 aromatic carbocycles.